The monoisotopic (exact) mass is 372 g/mol. The van der Waals surface area contributed by atoms with Crippen LogP contribution >= 0.6 is 0 Å². The van der Waals surface area contributed by atoms with E-state index in [-0.39, 0.29) is 11.8 Å². The number of hydrogen-bond donors (Lipinski definition) is 0. The number of ketones is 1. The van der Waals surface area contributed by atoms with Crippen LogP contribution in [0.1, 0.15) is 110 Å². The van der Waals surface area contributed by atoms with Crippen LogP contribution in [-0.4, -0.2) is 5.78 Å². The molecule has 1 aromatic carbocycles. The Labute approximate surface area is 169 Å². The van der Waals surface area contributed by atoms with E-state index < -0.39 is 0 Å². The normalized spacial score (nSPS) is 12.4. The summed E-state index contributed by atoms with van der Waals surface area (Å²) in [5.74, 6) is 0.800. The molecular formula is C26H44O. The largest absolute Gasteiger partial charge is 0.299 e. The smallest absolute Gasteiger partial charge is 0.138 e. The van der Waals surface area contributed by atoms with Crippen LogP contribution < -0.4 is 0 Å². The number of Topliss-reactive ketones (excluding diaryl/α,β-unsaturated/α-hetero) is 1. The second-order valence-corrected chi connectivity index (χ2v) is 8.62. The number of carbonyl (C=O) groups excluding carboxylic acids is 1. The van der Waals surface area contributed by atoms with E-state index in [2.05, 4.69) is 31.2 Å². The minimum Gasteiger partial charge on any atom is -0.299 e. The number of rotatable bonds is 17. The van der Waals surface area contributed by atoms with Crippen LogP contribution in [-0.2, 0) is 11.2 Å². The van der Waals surface area contributed by atoms with E-state index >= 15 is 0 Å². The fourth-order valence-corrected chi connectivity index (χ4v) is 3.95. The second kappa shape index (κ2) is 15.9. The molecule has 1 unspecified atom stereocenters. The standard InChI is InChI=1S/C26H44O/c1-4-5-6-7-8-9-10-11-12-13-14-18-21-25(26(27)23(2)3)22-24-19-16-15-17-20-24/h15-17,19-20,23,25H,4-14,18,21-22H2,1-3H3. The van der Waals surface area contributed by atoms with E-state index in [0.717, 1.165) is 12.8 Å². The SMILES string of the molecule is CCCCCCCCCCCCCCC(Cc1ccccc1)C(=O)C(C)C. The minimum atomic E-state index is 0.149. The lowest BCUT2D eigenvalue weighted by Crippen LogP contribution is -2.22. The lowest BCUT2D eigenvalue weighted by atomic mass is 9.85. The Bertz CT molecular complexity index is 462. The first-order valence-corrected chi connectivity index (χ1v) is 11.7. The van der Waals surface area contributed by atoms with E-state index in [1.165, 1.54) is 82.6 Å². The molecule has 1 rings (SSSR count). The summed E-state index contributed by atoms with van der Waals surface area (Å²) in [6.45, 7) is 6.37. The summed E-state index contributed by atoms with van der Waals surface area (Å²) in [5.41, 5.74) is 1.30. The number of unbranched alkanes of at least 4 members (excludes halogenated alkanes) is 11. The average molecular weight is 373 g/mol. The molecule has 0 fully saturated rings. The van der Waals surface area contributed by atoms with Crippen molar-refractivity contribution in [1.82, 2.24) is 0 Å². The van der Waals surface area contributed by atoms with Crippen molar-refractivity contribution in [2.45, 2.75) is 111 Å². The molecule has 0 saturated carbocycles. The average Bonchev–Trinajstić information content (AvgIpc) is 2.68. The first kappa shape index (κ1) is 23.9. The molecule has 0 aliphatic rings. The Morgan fingerprint density at radius 1 is 0.741 bits per heavy atom. The van der Waals surface area contributed by atoms with Crippen LogP contribution in [0.15, 0.2) is 30.3 Å². The van der Waals surface area contributed by atoms with Crippen molar-refractivity contribution < 1.29 is 4.79 Å². The lowest BCUT2D eigenvalue weighted by molar-refractivity contribution is -0.126. The maximum absolute atomic E-state index is 12.6. The molecule has 0 saturated heterocycles. The van der Waals surface area contributed by atoms with Gasteiger partial charge in [-0.15, -0.1) is 0 Å². The predicted molar refractivity (Wildman–Crippen MR) is 119 cm³/mol. The Balaban J connectivity index is 2.12. The molecule has 154 valence electrons. The first-order chi connectivity index (χ1) is 13.1. The molecule has 0 N–H and O–H groups in total. The van der Waals surface area contributed by atoms with E-state index in [0.29, 0.717) is 5.78 Å². The van der Waals surface area contributed by atoms with Crippen LogP contribution in [0, 0.1) is 11.8 Å². The Morgan fingerprint density at radius 3 is 1.70 bits per heavy atom. The molecule has 0 aliphatic heterocycles. The molecule has 0 radical (unpaired) electrons. The fraction of sp³-hybridized carbons (Fsp3) is 0.731. The van der Waals surface area contributed by atoms with Crippen molar-refractivity contribution in [2.24, 2.45) is 11.8 Å². The van der Waals surface area contributed by atoms with E-state index in [1.54, 1.807) is 0 Å². The fourth-order valence-electron chi connectivity index (χ4n) is 3.95. The molecule has 1 atom stereocenters. The molecule has 0 spiro atoms. The topological polar surface area (TPSA) is 17.1 Å². The predicted octanol–water partition coefficient (Wildman–Crippen LogP) is 8.16. The highest BCUT2D eigenvalue weighted by atomic mass is 16.1. The molecule has 0 heterocycles. The Morgan fingerprint density at radius 2 is 1.22 bits per heavy atom. The first-order valence-electron chi connectivity index (χ1n) is 11.7. The van der Waals surface area contributed by atoms with Crippen molar-refractivity contribution in [3.05, 3.63) is 35.9 Å². The van der Waals surface area contributed by atoms with Crippen LogP contribution in [0.3, 0.4) is 0 Å². The van der Waals surface area contributed by atoms with Gasteiger partial charge in [0.2, 0.25) is 0 Å². The Hall–Kier alpha value is -1.11. The Kier molecular flexibility index (Phi) is 14.1. The second-order valence-electron chi connectivity index (χ2n) is 8.62. The quantitative estimate of drug-likeness (QED) is 0.252. The highest BCUT2D eigenvalue weighted by molar-refractivity contribution is 5.83. The maximum Gasteiger partial charge on any atom is 0.138 e. The van der Waals surface area contributed by atoms with Crippen LogP contribution in [0.2, 0.25) is 0 Å². The van der Waals surface area contributed by atoms with Crippen LogP contribution in [0.4, 0.5) is 0 Å². The zero-order chi connectivity index (χ0) is 19.7. The zero-order valence-corrected chi connectivity index (χ0v) is 18.3. The molecule has 0 aliphatic carbocycles. The summed E-state index contributed by atoms with van der Waals surface area (Å²) in [5, 5.41) is 0. The van der Waals surface area contributed by atoms with Gasteiger partial charge in [0.05, 0.1) is 0 Å². The van der Waals surface area contributed by atoms with Gasteiger partial charge in [0.25, 0.3) is 0 Å². The molecule has 1 aromatic rings. The lowest BCUT2D eigenvalue weighted by Gasteiger charge is -2.18. The number of hydrogen-bond acceptors (Lipinski definition) is 1. The summed E-state index contributed by atoms with van der Waals surface area (Å²) < 4.78 is 0. The summed E-state index contributed by atoms with van der Waals surface area (Å²) in [4.78, 5) is 12.6. The van der Waals surface area contributed by atoms with Gasteiger partial charge in [-0.3, -0.25) is 4.79 Å². The highest BCUT2D eigenvalue weighted by Gasteiger charge is 2.21. The van der Waals surface area contributed by atoms with E-state index in [1.807, 2.05) is 19.9 Å². The van der Waals surface area contributed by atoms with Gasteiger partial charge < -0.3 is 0 Å². The summed E-state index contributed by atoms with van der Waals surface area (Å²) >= 11 is 0. The van der Waals surface area contributed by atoms with Gasteiger partial charge in [0, 0.05) is 11.8 Å². The van der Waals surface area contributed by atoms with Gasteiger partial charge in [0.15, 0.2) is 0 Å². The molecular weight excluding hydrogens is 328 g/mol. The third kappa shape index (κ3) is 12.1. The van der Waals surface area contributed by atoms with Gasteiger partial charge >= 0.3 is 0 Å². The highest BCUT2D eigenvalue weighted by Crippen LogP contribution is 2.21. The molecule has 0 aromatic heterocycles. The third-order valence-corrected chi connectivity index (χ3v) is 5.70. The van der Waals surface area contributed by atoms with Crippen LogP contribution in [0.5, 0.6) is 0 Å². The number of carbonyl (C=O) groups is 1. The summed E-state index contributed by atoms with van der Waals surface area (Å²) in [6, 6.07) is 10.5. The van der Waals surface area contributed by atoms with Gasteiger partial charge in [-0.1, -0.05) is 128 Å². The van der Waals surface area contributed by atoms with Crippen molar-refractivity contribution in [1.29, 1.82) is 0 Å². The third-order valence-electron chi connectivity index (χ3n) is 5.70. The van der Waals surface area contributed by atoms with Crippen molar-refractivity contribution >= 4 is 5.78 Å². The maximum atomic E-state index is 12.6. The van der Waals surface area contributed by atoms with Crippen molar-refractivity contribution in [2.75, 3.05) is 0 Å². The molecule has 0 amide bonds. The van der Waals surface area contributed by atoms with Gasteiger partial charge in [-0.25, -0.2) is 0 Å². The van der Waals surface area contributed by atoms with Crippen molar-refractivity contribution in [3.8, 4) is 0 Å². The van der Waals surface area contributed by atoms with Gasteiger partial charge in [-0.05, 0) is 18.4 Å². The summed E-state index contributed by atoms with van der Waals surface area (Å²) in [6.07, 6.45) is 18.4. The van der Waals surface area contributed by atoms with Crippen molar-refractivity contribution in [3.63, 3.8) is 0 Å². The molecule has 27 heavy (non-hydrogen) atoms. The zero-order valence-electron chi connectivity index (χ0n) is 18.3. The number of benzene rings is 1. The van der Waals surface area contributed by atoms with E-state index in [9.17, 15) is 4.79 Å². The molecule has 0 bridgehead atoms. The molecule has 1 heteroatoms. The van der Waals surface area contributed by atoms with E-state index in [4.69, 9.17) is 0 Å². The van der Waals surface area contributed by atoms with Gasteiger partial charge in [0.1, 0.15) is 5.78 Å². The minimum absolute atomic E-state index is 0.149. The van der Waals surface area contributed by atoms with Crippen LogP contribution in [0.25, 0.3) is 0 Å². The van der Waals surface area contributed by atoms with Gasteiger partial charge in [-0.2, -0.15) is 0 Å². The molecule has 1 nitrogen and oxygen atoms in total. The summed E-state index contributed by atoms with van der Waals surface area (Å²) in [7, 11) is 0.